The van der Waals surface area contributed by atoms with E-state index >= 15 is 0 Å². The predicted octanol–water partition coefficient (Wildman–Crippen LogP) is 3.47. The highest BCUT2D eigenvalue weighted by molar-refractivity contribution is 6.05. The van der Waals surface area contributed by atoms with Crippen molar-refractivity contribution in [3.05, 3.63) is 58.6 Å². The third kappa shape index (κ3) is 2.63. The average molecular weight is 336 g/mol. The van der Waals surface area contributed by atoms with E-state index in [1.165, 1.54) is 0 Å². The minimum absolute atomic E-state index is 0.192. The lowest BCUT2D eigenvalue weighted by Gasteiger charge is -2.11. The number of para-hydroxylation sites is 1. The molecule has 2 aromatic heterocycles. The fraction of sp³-hybridized carbons (Fsp3) is 0.316. The number of rotatable bonds is 4. The molecule has 0 fully saturated rings. The summed E-state index contributed by atoms with van der Waals surface area (Å²) < 4.78 is 7.03. The fourth-order valence-corrected chi connectivity index (χ4v) is 3.40. The second-order valence-electron chi connectivity index (χ2n) is 6.24. The Hall–Kier alpha value is -2.89. The van der Waals surface area contributed by atoms with Crippen molar-refractivity contribution in [3.8, 4) is 5.69 Å². The first-order valence-electron chi connectivity index (χ1n) is 8.61. The average Bonchev–Trinajstić information content (AvgIpc) is 3.31. The van der Waals surface area contributed by atoms with Crippen LogP contribution < -0.4 is 5.32 Å². The third-order valence-electron chi connectivity index (χ3n) is 4.64. The van der Waals surface area contributed by atoms with Gasteiger partial charge in [0.2, 0.25) is 0 Å². The summed E-state index contributed by atoms with van der Waals surface area (Å²) in [6, 6.07) is 9.87. The van der Waals surface area contributed by atoms with Crippen LogP contribution in [0.4, 0.5) is 5.82 Å². The zero-order valence-corrected chi connectivity index (χ0v) is 14.4. The Labute approximate surface area is 145 Å². The number of hydrogen-bond acceptors (Lipinski definition) is 4. The number of nitrogens with one attached hydrogen (secondary N) is 1. The fourth-order valence-electron chi connectivity index (χ4n) is 3.40. The summed E-state index contributed by atoms with van der Waals surface area (Å²) >= 11 is 0. The number of aromatic nitrogens is 3. The number of carbonyl (C=O) groups is 1. The largest absolute Gasteiger partial charge is 0.361 e. The molecule has 1 aliphatic rings. The minimum atomic E-state index is -0.192. The number of benzene rings is 1. The molecule has 0 spiro atoms. The van der Waals surface area contributed by atoms with Crippen molar-refractivity contribution in [1.82, 2.24) is 14.9 Å². The summed E-state index contributed by atoms with van der Waals surface area (Å²) in [4.78, 5) is 12.9. The van der Waals surface area contributed by atoms with E-state index < -0.39 is 0 Å². The smallest absolute Gasteiger partial charge is 0.262 e. The zero-order chi connectivity index (χ0) is 17.4. The molecule has 1 aliphatic carbocycles. The molecule has 6 nitrogen and oxygen atoms in total. The summed E-state index contributed by atoms with van der Waals surface area (Å²) in [5.74, 6) is 1.10. The molecule has 25 heavy (non-hydrogen) atoms. The first kappa shape index (κ1) is 15.6. The van der Waals surface area contributed by atoms with Gasteiger partial charge in [0, 0.05) is 5.56 Å². The van der Waals surface area contributed by atoms with E-state index in [-0.39, 0.29) is 5.91 Å². The monoisotopic (exact) mass is 336 g/mol. The van der Waals surface area contributed by atoms with E-state index in [0.717, 1.165) is 42.0 Å². The second-order valence-corrected chi connectivity index (χ2v) is 6.24. The van der Waals surface area contributed by atoms with Crippen LogP contribution in [0, 0.1) is 6.92 Å². The summed E-state index contributed by atoms with van der Waals surface area (Å²) in [6.07, 6.45) is 3.60. The topological polar surface area (TPSA) is 73.0 Å². The highest BCUT2D eigenvalue weighted by Crippen LogP contribution is 2.31. The molecule has 2 heterocycles. The van der Waals surface area contributed by atoms with Crippen molar-refractivity contribution in [2.24, 2.45) is 0 Å². The van der Waals surface area contributed by atoms with Gasteiger partial charge in [-0.2, -0.15) is 5.10 Å². The minimum Gasteiger partial charge on any atom is -0.361 e. The van der Waals surface area contributed by atoms with Crippen molar-refractivity contribution < 1.29 is 9.32 Å². The van der Waals surface area contributed by atoms with E-state index in [0.29, 0.717) is 23.4 Å². The quantitative estimate of drug-likeness (QED) is 0.792. The Morgan fingerprint density at radius 1 is 1.28 bits per heavy atom. The van der Waals surface area contributed by atoms with Gasteiger partial charge >= 0.3 is 0 Å². The van der Waals surface area contributed by atoms with Gasteiger partial charge in [0.25, 0.3) is 5.91 Å². The molecular weight excluding hydrogens is 316 g/mol. The van der Waals surface area contributed by atoms with Gasteiger partial charge in [-0.15, -0.1) is 0 Å². The molecule has 0 aliphatic heterocycles. The summed E-state index contributed by atoms with van der Waals surface area (Å²) in [5.41, 5.74) is 4.33. The van der Waals surface area contributed by atoms with Crippen LogP contribution in [-0.4, -0.2) is 20.8 Å². The molecule has 0 atom stereocenters. The van der Waals surface area contributed by atoms with Gasteiger partial charge in [-0.25, -0.2) is 4.68 Å². The third-order valence-corrected chi connectivity index (χ3v) is 4.64. The highest BCUT2D eigenvalue weighted by atomic mass is 16.5. The van der Waals surface area contributed by atoms with Gasteiger partial charge in [-0.3, -0.25) is 4.79 Å². The Morgan fingerprint density at radius 3 is 2.84 bits per heavy atom. The van der Waals surface area contributed by atoms with Crippen molar-refractivity contribution in [3.63, 3.8) is 0 Å². The van der Waals surface area contributed by atoms with Crippen LogP contribution in [-0.2, 0) is 19.3 Å². The van der Waals surface area contributed by atoms with Crippen LogP contribution in [0.2, 0.25) is 0 Å². The number of hydrogen-bond donors (Lipinski definition) is 1. The van der Waals surface area contributed by atoms with Crippen LogP contribution >= 0.6 is 0 Å². The second kappa shape index (κ2) is 6.20. The maximum atomic E-state index is 12.9. The van der Waals surface area contributed by atoms with Crippen LogP contribution in [0.1, 0.15) is 46.4 Å². The lowest BCUT2D eigenvalue weighted by molar-refractivity contribution is 0.102. The summed E-state index contributed by atoms with van der Waals surface area (Å²) in [5, 5.41) is 11.8. The molecule has 1 aromatic carbocycles. The molecule has 128 valence electrons. The number of carbonyl (C=O) groups excluding carboxylic acids is 1. The molecule has 6 heteroatoms. The number of anilines is 1. The molecule has 1 amide bonds. The highest BCUT2D eigenvalue weighted by Gasteiger charge is 2.26. The predicted molar refractivity (Wildman–Crippen MR) is 94.2 cm³/mol. The first-order chi connectivity index (χ1) is 12.2. The molecule has 4 rings (SSSR count). The van der Waals surface area contributed by atoms with Gasteiger partial charge < -0.3 is 9.84 Å². The molecule has 3 aromatic rings. The maximum absolute atomic E-state index is 12.9. The zero-order valence-electron chi connectivity index (χ0n) is 14.4. The number of nitrogens with zero attached hydrogens (tertiary/aromatic N) is 3. The van der Waals surface area contributed by atoms with E-state index in [1.807, 2.05) is 41.9 Å². The van der Waals surface area contributed by atoms with E-state index in [4.69, 9.17) is 9.62 Å². The van der Waals surface area contributed by atoms with Gasteiger partial charge in [0.15, 0.2) is 0 Å². The normalized spacial score (nSPS) is 13.0. The summed E-state index contributed by atoms with van der Waals surface area (Å²) in [7, 11) is 0. The van der Waals surface area contributed by atoms with Crippen molar-refractivity contribution >= 4 is 11.7 Å². The molecule has 0 unspecified atom stereocenters. The van der Waals surface area contributed by atoms with E-state index in [9.17, 15) is 4.79 Å². The Balaban J connectivity index is 1.75. The van der Waals surface area contributed by atoms with Gasteiger partial charge in [-0.1, -0.05) is 30.3 Å². The molecule has 0 saturated heterocycles. The molecular formula is C19H20N4O2. The Kier molecular flexibility index (Phi) is 3.87. The molecule has 1 N–H and O–H groups in total. The lowest BCUT2D eigenvalue weighted by atomic mass is 10.1. The van der Waals surface area contributed by atoms with Crippen LogP contribution in [0.3, 0.4) is 0 Å². The van der Waals surface area contributed by atoms with E-state index in [1.54, 1.807) is 6.92 Å². The van der Waals surface area contributed by atoms with E-state index in [2.05, 4.69) is 10.5 Å². The number of fused-ring (bicyclic) bond motifs is 1. The SMILES string of the molecule is CCc1noc(C)c1C(=O)Nc1c2c(nn1-c1ccccc1)CCC2. The maximum Gasteiger partial charge on any atom is 0.262 e. The first-order valence-corrected chi connectivity index (χ1v) is 8.61. The number of aryl methyl sites for hydroxylation is 3. The number of amides is 1. The van der Waals surface area contributed by atoms with Gasteiger partial charge in [0.05, 0.1) is 17.1 Å². The van der Waals surface area contributed by atoms with Gasteiger partial charge in [-0.05, 0) is 44.7 Å². The van der Waals surface area contributed by atoms with Crippen LogP contribution in [0.5, 0.6) is 0 Å². The molecule has 0 radical (unpaired) electrons. The van der Waals surface area contributed by atoms with Gasteiger partial charge in [0.1, 0.15) is 17.1 Å². The van der Waals surface area contributed by atoms with Crippen LogP contribution in [0.15, 0.2) is 34.9 Å². The van der Waals surface area contributed by atoms with Crippen molar-refractivity contribution in [2.45, 2.75) is 39.5 Å². The lowest BCUT2D eigenvalue weighted by Crippen LogP contribution is -2.18. The van der Waals surface area contributed by atoms with Crippen molar-refractivity contribution in [2.75, 3.05) is 5.32 Å². The molecule has 0 bridgehead atoms. The Morgan fingerprint density at radius 2 is 2.08 bits per heavy atom. The standard InChI is InChI=1S/C19H20N4O2/c1-3-15-17(12(2)25-22-15)19(24)20-18-14-10-7-11-16(14)21-23(18)13-8-5-4-6-9-13/h4-6,8-9H,3,7,10-11H2,1-2H3,(H,20,24). The summed E-state index contributed by atoms with van der Waals surface area (Å²) in [6.45, 7) is 3.72. The van der Waals surface area contributed by atoms with Crippen LogP contribution in [0.25, 0.3) is 5.69 Å². The molecule has 0 saturated carbocycles. The van der Waals surface area contributed by atoms with Crippen molar-refractivity contribution in [1.29, 1.82) is 0 Å². The Bertz CT molecular complexity index is 925.